The molecule has 8 nitrogen and oxygen atoms in total. The summed E-state index contributed by atoms with van der Waals surface area (Å²) in [6.07, 6.45) is 3.37. The second-order valence-electron chi connectivity index (χ2n) is 4.30. The van der Waals surface area contributed by atoms with E-state index in [1.54, 1.807) is 24.7 Å². The highest BCUT2D eigenvalue weighted by Crippen LogP contribution is 2.20. The van der Waals surface area contributed by atoms with Gasteiger partial charge in [-0.1, -0.05) is 0 Å². The summed E-state index contributed by atoms with van der Waals surface area (Å²) in [5.74, 6) is 0.516. The maximum absolute atomic E-state index is 12.0. The van der Waals surface area contributed by atoms with E-state index in [2.05, 4.69) is 30.8 Å². The van der Waals surface area contributed by atoms with Crippen LogP contribution in [-0.4, -0.2) is 26.1 Å². The van der Waals surface area contributed by atoms with Crippen LogP contribution < -0.4 is 10.6 Å². The van der Waals surface area contributed by atoms with Gasteiger partial charge in [0.05, 0.1) is 18.4 Å². The fourth-order valence-corrected chi connectivity index (χ4v) is 2.36. The van der Waals surface area contributed by atoms with Crippen molar-refractivity contribution in [1.29, 1.82) is 0 Å². The van der Waals surface area contributed by atoms with E-state index in [-0.39, 0.29) is 12.5 Å². The summed E-state index contributed by atoms with van der Waals surface area (Å²) in [5, 5.41) is 15.5. The smallest absolute Gasteiger partial charge is 0.271 e. The van der Waals surface area contributed by atoms with Crippen LogP contribution in [0.4, 0.5) is 10.8 Å². The Labute approximate surface area is 129 Å². The molecular weight excluding hydrogens is 304 g/mol. The van der Waals surface area contributed by atoms with E-state index in [1.807, 2.05) is 12.1 Å². The van der Waals surface area contributed by atoms with Crippen LogP contribution in [0.3, 0.4) is 0 Å². The molecule has 0 radical (unpaired) electrons. The summed E-state index contributed by atoms with van der Waals surface area (Å²) in [4.78, 5) is 20.2. The number of carbonyl (C=O) groups excluding carboxylic acids is 1. The zero-order valence-electron chi connectivity index (χ0n) is 11.6. The third kappa shape index (κ3) is 3.44. The molecule has 0 unspecified atom stereocenters. The topological polar surface area (TPSA) is 106 Å². The van der Waals surface area contributed by atoms with Gasteiger partial charge in [-0.05, 0) is 12.1 Å². The van der Waals surface area contributed by atoms with Crippen molar-refractivity contribution < 1.29 is 9.21 Å². The molecule has 0 aliphatic rings. The largest absolute Gasteiger partial charge is 0.424 e. The van der Waals surface area contributed by atoms with Crippen LogP contribution in [-0.2, 0) is 6.54 Å². The number of hydrogen-bond acceptors (Lipinski definition) is 8. The molecule has 3 heterocycles. The molecular formula is C13H12N6O2S. The molecule has 0 saturated carbocycles. The molecule has 2 N–H and O–H groups in total. The Bertz CT molecular complexity index is 770. The zero-order chi connectivity index (χ0) is 15.4. The van der Waals surface area contributed by atoms with Gasteiger partial charge in [0.15, 0.2) is 5.13 Å². The third-order valence-corrected chi connectivity index (χ3v) is 3.38. The first kappa shape index (κ1) is 14.1. The maximum atomic E-state index is 12.0. The number of pyridine rings is 1. The first-order valence-corrected chi connectivity index (χ1v) is 7.28. The fraction of sp³-hybridized carbons (Fsp3) is 0.154. The molecule has 22 heavy (non-hydrogen) atoms. The molecule has 3 aromatic heterocycles. The molecule has 9 heteroatoms. The molecule has 0 bridgehead atoms. The highest BCUT2D eigenvalue weighted by molar-refractivity contribution is 7.14. The van der Waals surface area contributed by atoms with Crippen molar-refractivity contribution in [2.24, 2.45) is 0 Å². The van der Waals surface area contributed by atoms with Crippen molar-refractivity contribution in [3.63, 3.8) is 0 Å². The molecule has 3 rings (SSSR count). The Morgan fingerprint density at radius 1 is 1.41 bits per heavy atom. The first-order valence-electron chi connectivity index (χ1n) is 6.40. The van der Waals surface area contributed by atoms with Gasteiger partial charge < -0.3 is 15.1 Å². The number of rotatable bonds is 5. The Hall–Kier alpha value is -2.81. The van der Waals surface area contributed by atoms with E-state index >= 15 is 0 Å². The first-order chi connectivity index (χ1) is 10.7. The summed E-state index contributed by atoms with van der Waals surface area (Å²) in [6.45, 7) is 1.86. The quantitative estimate of drug-likeness (QED) is 0.740. The zero-order valence-corrected chi connectivity index (χ0v) is 12.4. The second-order valence-corrected chi connectivity index (χ2v) is 5.16. The molecule has 0 saturated heterocycles. The van der Waals surface area contributed by atoms with Crippen LogP contribution in [0.2, 0.25) is 0 Å². The van der Waals surface area contributed by atoms with Gasteiger partial charge in [0.25, 0.3) is 5.91 Å². The average molecular weight is 316 g/mol. The van der Waals surface area contributed by atoms with Crippen LogP contribution in [0.1, 0.15) is 22.3 Å². The van der Waals surface area contributed by atoms with Gasteiger partial charge in [0.2, 0.25) is 11.8 Å². The van der Waals surface area contributed by atoms with Crippen molar-refractivity contribution >= 4 is 28.1 Å². The summed E-state index contributed by atoms with van der Waals surface area (Å²) in [7, 11) is 0. The van der Waals surface area contributed by atoms with Crippen molar-refractivity contribution in [2.45, 2.75) is 13.5 Å². The second kappa shape index (κ2) is 6.31. The Balaban J connectivity index is 1.59. The molecule has 0 aromatic carbocycles. The number of thiazole rings is 1. The average Bonchev–Trinajstić information content (AvgIpc) is 3.15. The van der Waals surface area contributed by atoms with E-state index in [1.165, 1.54) is 11.3 Å². The van der Waals surface area contributed by atoms with E-state index in [9.17, 15) is 4.79 Å². The summed E-state index contributed by atoms with van der Waals surface area (Å²) >= 11 is 1.34. The number of carbonyl (C=O) groups is 1. The lowest BCUT2D eigenvalue weighted by atomic mass is 10.4. The van der Waals surface area contributed by atoms with E-state index in [0.29, 0.717) is 22.6 Å². The Kier molecular flexibility index (Phi) is 4.05. The monoisotopic (exact) mass is 316 g/mol. The molecule has 0 aliphatic heterocycles. The van der Waals surface area contributed by atoms with Gasteiger partial charge in [0.1, 0.15) is 5.69 Å². The minimum atomic E-state index is -0.300. The lowest BCUT2D eigenvalue weighted by Gasteiger charge is -2.00. The number of hydrogen-bond donors (Lipinski definition) is 2. The van der Waals surface area contributed by atoms with Gasteiger partial charge >= 0.3 is 0 Å². The SMILES string of the molecule is Cc1nnc(CNC(=O)c2csc(Nc3cccnc3)n2)o1. The predicted molar refractivity (Wildman–Crippen MR) is 79.8 cm³/mol. The summed E-state index contributed by atoms with van der Waals surface area (Å²) < 4.78 is 5.18. The van der Waals surface area contributed by atoms with Gasteiger partial charge in [0, 0.05) is 18.5 Å². The fourth-order valence-electron chi connectivity index (χ4n) is 1.65. The molecule has 1 amide bonds. The molecule has 0 aliphatic carbocycles. The minimum Gasteiger partial charge on any atom is -0.424 e. The van der Waals surface area contributed by atoms with Gasteiger partial charge in [-0.25, -0.2) is 4.98 Å². The predicted octanol–water partition coefficient (Wildman–Crippen LogP) is 1.90. The normalized spacial score (nSPS) is 10.4. The standard InChI is InChI=1S/C13H12N6O2S/c1-8-18-19-11(21-8)6-15-12(20)10-7-22-13(17-10)16-9-3-2-4-14-5-9/h2-5,7H,6H2,1H3,(H,15,20)(H,16,17). The van der Waals surface area contributed by atoms with Crippen molar-refractivity contribution in [1.82, 2.24) is 25.5 Å². The van der Waals surface area contributed by atoms with E-state index in [4.69, 9.17) is 4.42 Å². The van der Waals surface area contributed by atoms with E-state index < -0.39 is 0 Å². The highest BCUT2D eigenvalue weighted by Gasteiger charge is 2.12. The number of aryl methyl sites for hydroxylation is 1. The molecule has 0 fully saturated rings. The Morgan fingerprint density at radius 2 is 2.32 bits per heavy atom. The molecule has 0 atom stereocenters. The highest BCUT2D eigenvalue weighted by atomic mass is 32.1. The number of nitrogens with one attached hydrogen (secondary N) is 2. The summed E-state index contributed by atoms with van der Waals surface area (Å²) in [5.41, 5.74) is 1.14. The Morgan fingerprint density at radius 3 is 3.05 bits per heavy atom. The number of amides is 1. The van der Waals surface area contributed by atoms with Crippen LogP contribution in [0.5, 0.6) is 0 Å². The van der Waals surface area contributed by atoms with Crippen molar-refractivity contribution in [3.8, 4) is 0 Å². The van der Waals surface area contributed by atoms with E-state index in [0.717, 1.165) is 5.69 Å². The summed E-state index contributed by atoms with van der Waals surface area (Å²) in [6, 6.07) is 3.68. The third-order valence-electron chi connectivity index (χ3n) is 2.62. The van der Waals surface area contributed by atoms with Crippen molar-refractivity contribution in [2.75, 3.05) is 5.32 Å². The van der Waals surface area contributed by atoms with Crippen LogP contribution in [0.25, 0.3) is 0 Å². The molecule has 112 valence electrons. The van der Waals surface area contributed by atoms with Crippen LogP contribution in [0.15, 0.2) is 34.3 Å². The van der Waals surface area contributed by atoms with Gasteiger partial charge in [-0.2, -0.15) is 0 Å². The number of aromatic nitrogens is 4. The minimum absolute atomic E-state index is 0.169. The number of anilines is 2. The maximum Gasteiger partial charge on any atom is 0.271 e. The lowest BCUT2D eigenvalue weighted by molar-refractivity contribution is 0.0943. The lowest BCUT2D eigenvalue weighted by Crippen LogP contribution is -2.23. The van der Waals surface area contributed by atoms with Crippen LogP contribution in [0, 0.1) is 6.92 Å². The number of nitrogens with zero attached hydrogens (tertiary/aromatic N) is 4. The van der Waals surface area contributed by atoms with Gasteiger partial charge in [-0.3, -0.25) is 9.78 Å². The van der Waals surface area contributed by atoms with Crippen LogP contribution >= 0.6 is 11.3 Å². The molecule has 0 spiro atoms. The molecule has 3 aromatic rings. The van der Waals surface area contributed by atoms with Gasteiger partial charge in [-0.15, -0.1) is 21.5 Å². The van der Waals surface area contributed by atoms with Crippen molar-refractivity contribution in [3.05, 3.63) is 47.4 Å².